The van der Waals surface area contributed by atoms with Crippen LogP contribution >= 0.6 is 11.8 Å². The van der Waals surface area contributed by atoms with Crippen LogP contribution in [-0.2, 0) is 9.48 Å². The van der Waals surface area contributed by atoms with Crippen LogP contribution in [0.2, 0.25) is 0 Å². The minimum absolute atomic E-state index is 0.121. The molecule has 1 aliphatic rings. The Morgan fingerprint density at radius 1 is 1.00 bits per heavy atom. The number of hydrogen-bond donors (Lipinski definition) is 0. The van der Waals surface area contributed by atoms with Crippen LogP contribution in [0.1, 0.15) is 29.5 Å². The summed E-state index contributed by atoms with van der Waals surface area (Å²) in [5, 5.41) is 9.52. The number of ether oxygens (including phenoxy) is 1. The van der Waals surface area contributed by atoms with Crippen LogP contribution in [0.4, 0.5) is 4.79 Å². The summed E-state index contributed by atoms with van der Waals surface area (Å²) in [6.45, 7) is 4.32. The molecule has 1 aliphatic heterocycles. The van der Waals surface area contributed by atoms with Gasteiger partial charge in [-0.1, -0.05) is 104 Å². The maximum atomic E-state index is 12.7. The summed E-state index contributed by atoms with van der Waals surface area (Å²) in [7, 11) is 0. The van der Waals surface area contributed by atoms with Crippen LogP contribution in [0, 0.1) is 11.3 Å². The Morgan fingerprint density at radius 3 is 1.94 bits per heavy atom. The van der Waals surface area contributed by atoms with Crippen LogP contribution in [0.5, 0.6) is 0 Å². The lowest BCUT2D eigenvalue weighted by atomic mass is 9.84. The van der Waals surface area contributed by atoms with E-state index in [-0.39, 0.29) is 30.4 Å². The van der Waals surface area contributed by atoms with Crippen molar-refractivity contribution in [1.82, 2.24) is 4.90 Å². The largest absolute Gasteiger partial charge is 0.445 e. The summed E-state index contributed by atoms with van der Waals surface area (Å²) >= 11 is 1.85. The summed E-state index contributed by atoms with van der Waals surface area (Å²) < 4.78 is 4.87. The molecule has 0 unspecified atom stereocenters. The molecule has 3 aromatic rings. The van der Waals surface area contributed by atoms with Gasteiger partial charge in [-0.05, 0) is 23.1 Å². The van der Waals surface area contributed by atoms with E-state index < -0.39 is 4.75 Å². The van der Waals surface area contributed by atoms with Gasteiger partial charge in [-0.15, -0.1) is 11.8 Å². The molecule has 0 aliphatic carbocycles. The number of carbonyl (C=O) groups excluding carboxylic acids is 1. The molecule has 1 saturated heterocycles. The van der Waals surface area contributed by atoms with Crippen molar-refractivity contribution in [1.29, 1.82) is 5.26 Å². The van der Waals surface area contributed by atoms with E-state index in [1.54, 1.807) is 11.0 Å². The third-order valence-electron chi connectivity index (χ3n) is 6.15. The van der Waals surface area contributed by atoms with Gasteiger partial charge in [-0.25, -0.2) is 4.79 Å². The molecular formula is C29H28N2O2S. The highest BCUT2D eigenvalue weighted by Gasteiger charge is 2.44. The third kappa shape index (κ3) is 4.88. The highest BCUT2D eigenvalue weighted by atomic mass is 32.2. The van der Waals surface area contributed by atoms with Crippen molar-refractivity contribution in [3.8, 4) is 6.07 Å². The van der Waals surface area contributed by atoms with Gasteiger partial charge in [-0.3, -0.25) is 0 Å². The molecule has 0 aromatic heterocycles. The average Bonchev–Trinajstić information content (AvgIpc) is 3.30. The summed E-state index contributed by atoms with van der Waals surface area (Å²) in [6.07, 6.45) is 2.20. The minimum atomic E-state index is -0.466. The standard InChI is InChI=1S/C29H28N2O2S/c1-2-20-33-28(32)31-22-27(21-26(31)18-19-30)34-29(23-12-6-3-7-13-23,24-14-8-4-9-15-24)25-16-10-5-11-17-25/h2-17,26-27H,1,18,20-22H2/t26-,27-/m0/s1. The normalized spacial score (nSPS) is 17.7. The van der Waals surface area contributed by atoms with Gasteiger partial charge < -0.3 is 9.64 Å². The van der Waals surface area contributed by atoms with Crippen LogP contribution in [0.25, 0.3) is 0 Å². The lowest BCUT2D eigenvalue weighted by molar-refractivity contribution is 0.108. The highest BCUT2D eigenvalue weighted by molar-refractivity contribution is 8.01. The number of likely N-dealkylation sites (tertiary alicyclic amines) is 1. The van der Waals surface area contributed by atoms with E-state index in [0.717, 1.165) is 6.42 Å². The Labute approximate surface area is 205 Å². The first kappa shape index (κ1) is 23.7. The fourth-order valence-corrected chi connectivity index (χ4v) is 6.54. The zero-order valence-corrected chi connectivity index (χ0v) is 19.9. The molecule has 2 atom stereocenters. The SMILES string of the molecule is C=CCOC(=O)N1C[C@@H](SC(c2ccccc2)(c2ccccc2)c2ccccc2)C[C@@H]1CC#N. The summed E-state index contributed by atoms with van der Waals surface area (Å²) in [4.78, 5) is 14.5. The number of carbonyl (C=O) groups is 1. The van der Waals surface area contributed by atoms with Crippen molar-refractivity contribution in [3.05, 3.63) is 120 Å². The first-order chi connectivity index (χ1) is 16.7. The minimum Gasteiger partial charge on any atom is -0.445 e. The van der Waals surface area contributed by atoms with Crippen molar-refractivity contribution in [3.63, 3.8) is 0 Å². The number of nitriles is 1. The van der Waals surface area contributed by atoms with E-state index in [9.17, 15) is 10.1 Å². The topological polar surface area (TPSA) is 53.3 Å². The first-order valence-electron chi connectivity index (χ1n) is 11.4. The van der Waals surface area contributed by atoms with Crippen molar-refractivity contribution in [2.24, 2.45) is 0 Å². The summed E-state index contributed by atoms with van der Waals surface area (Å²) in [6, 6.07) is 33.6. The van der Waals surface area contributed by atoms with Gasteiger partial charge in [0.2, 0.25) is 0 Å². The Balaban J connectivity index is 1.77. The summed E-state index contributed by atoms with van der Waals surface area (Å²) in [5.41, 5.74) is 3.55. The van der Waals surface area contributed by atoms with Crippen molar-refractivity contribution in [2.75, 3.05) is 13.2 Å². The van der Waals surface area contributed by atoms with E-state index >= 15 is 0 Å². The molecule has 0 N–H and O–H groups in total. The molecule has 172 valence electrons. The van der Waals surface area contributed by atoms with Crippen LogP contribution in [-0.4, -0.2) is 35.4 Å². The molecule has 4 rings (SSSR count). The predicted octanol–water partition coefficient (Wildman–Crippen LogP) is 6.39. The number of benzene rings is 3. The van der Waals surface area contributed by atoms with Crippen LogP contribution < -0.4 is 0 Å². The third-order valence-corrected chi connectivity index (χ3v) is 7.88. The highest BCUT2D eigenvalue weighted by Crippen LogP contribution is 2.52. The summed E-state index contributed by atoms with van der Waals surface area (Å²) in [5.74, 6) is 0. The van der Waals surface area contributed by atoms with Crippen molar-refractivity contribution in [2.45, 2.75) is 28.9 Å². The smallest absolute Gasteiger partial charge is 0.410 e. The fourth-order valence-electron chi connectivity index (χ4n) is 4.67. The van der Waals surface area contributed by atoms with Crippen LogP contribution in [0.3, 0.4) is 0 Å². The zero-order chi connectivity index (χ0) is 23.8. The van der Waals surface area contributed by atoms with Gasteiger partial charge in [0, 0.05) is 17.8 Å². The Bertz CT molecular complexity index is 1030. The number of nitrogens with zero attached hydrogens (tertiary/aromatic N) is 2. The zero-order valence-electron chi connectivity index (χ0n) is 19.0. The molecule has 4 nitrogen and oxygen atoms in total. The molecule has 34 heavy (non-hydrogen) atoms. The van der Waals surface area contributed by atoms with Gasteiger partial charge in [0.1, 0.15) is 6.61 Å². The van der Waals surface area contributed by atoms with E-state index in [1.807, 2.05) is 30.0 Å². The van der Waals surface area contributed by atoms with E-state index in [0.29, 0.717) is 6.54 Å². The molecule has 1 fully saturated rings. The number of rotatable bonds is 8. The lowest BCUT2D eigenvalue weighted by Crippen LogP contribution is -2.36. The van der Waals surface area contributed by atoms with Crippen LogP contribution in [0.15, 0.2) is 104 Å². The quantitative estimate of drug-likeness (QED) is 0.284. The Morgan fingerprint density at radius 2 is 1.50 bits per heavy atom. The monoisotopic (exact) mass is 468 g/mol. The van der Waals surface area contributed by atoms with E-state index in [1.165, 1.54) is 16.7 Å². The maximum Gasteiger partial charge on any atom is 0.410 e. The lowest BCUT2D eigenvalue weighted by Gasteiger charge is -2.37. The molecule has 3 aromatic carbocycles. The molecular weight excluding hydrogens is 440 g/mol. The number of thioether (sulfide) groups is 1. The predicted molar refractivity (Wildman–Crippen MR) is 137 cm³/mol. The average molecular weight is 469 g/mol. The molecule has 1 heterocycles. The Kier molecular flexibility index (Phi) is 7.72. The fraction of sp³-hybridized carbons (Fsp3) is 0.241. The number of hydrogen-bond acceptors (Lipinski definition) is 4. The van der Waals surface area contributed by atoms with Gasteiger partial charge >= 0.3 is 6.09 Å². The molecule has 0 spiro atoms. The first-order valence-corrected chi connectivity index (χ1v) is 12.3. The number of amides is 1. The van der Waals surface area contributed by atoms with Gasteiger partial charge in [0.15, 0.2) is 0 Å². The van der Waals surface area contributed by atoms with Crippen molar-refractivity contribution >= 4 is 17.9 Å². The van der Waals surface area contributed by atoms with Gasteiger partial charge in [0.25, 0.3) is 0 Å². The van der Waals surface area contributed by atoms with Crippen molar-refractivity contribution < 1.29 is 9.53 Å². The molecule has 1 amide bonds. The molecule has 5 heteroatoms. The molecule has 0 saturated carbocycles. The van der Waals surface area contributed by atoms with E-state index in [4.69, 9.17) is 4.74 Å². The van der Waals surface area contributed by atoms with Gasteiger partial charge in [-0.2, -0.15) is 5.26 Å². The second kappa shape index (κ2) is 11.1. The maximum absolute atomic E-state index is 12.7. The molecule has 0 radical (unpaired) electrons. The second-order valence-electron chi connectivity index (χ2n) is 8.29. The Hall–Kier alpha value is -3.49. The van der Waals surface area contributed by atoms with E-state index in [2.05, 4.69) is 85.4 Å². The molecule has 0 bridgehead atoms. The second-order valence-corrected chi connectivity index (χ2v) is 9.80. The van der Waals surface area contributed by atoms with Gasteiger partial charge in [0.05, 0.1) is 17.2 Å².